The summed E-state index contributed by atoms with van der Waals surface area (Å²) in [5.74, 6) is 0.0655. The van der Waals surface area contributed by atoms with Crippen molar-refractivity contribution in [3.63, 3.8) is 0 Å². The monoisotopic (exact) mass is 440 g/mol. The van der Waals surface area contributed by atoms with Gasteiger partial charge >= 0.3 is 0 Å². The Kier molecular flexibility index (Phi) is 5.12. The van der Waals surface area contributed by atoms with Gasteiger partial charge in [-0.2, -0.15) is 0 Å². The van der Waals surface area contributed by atoms with Crippen molar-refractivity contribution < 1.29 is 0 Å². The Labute approximate surface area is 193 Å². The second-order valence-corrected chi connectivity index (χ2v) is 10.1. The molecule has 0 saturated carbocycles. The summed E-state index contributed by atoms with van der Waals surface area (Å²) in [6.45, 7) is 12.7. The van der Waals surface area contributed by atoms with E-state index < -0.39 is 0 Å². The second kappa shape index (κ2) is 7.82. The molecule has 0 N–H and O–H groups in total. The molecule has 0 aliphatic heterocycles. The van der Waals surface area contributed by atoms with Gasteiger partial charge in [0.2, 0.25) is 0 Å². The first-order valence-corrected chi connectivity index (χ1v) is 11.8. The first-order chi connectivity index (χ1) is 14.9. The van der Waals surface area contributed by atoms with Gasteiger partial charge in [-0.25, -0.2) is 0 Å². The number of thiophene rings is 1. The molecule has 0 saturated heterocycles. The molecule has 2 aliphatic carbocycles. The fourth-order valence-electron chi connectivity index (χ4n) is 4.79. The van der Waals surface area contributed by atoms with Gasteiger partial charge in [-0.1, -0.05) is 78.9 Å². The first kappa shape index (κ1) is 20.3. The van der Waals surface area contributed by atoms with Crippen molar-refractivity contribution in [2.24, 2.45) is 0 Å². The third kappa shape index (κ3) is 3.56. The maximum absolute atomic E-state index is 6.83. The van der Waals surface area contributed by atoms with E-state index in [1.54, 1.807) is 11.3 Å². The smallest absolute Gasteiger partial charge is 0.0450 e. The van der Waals surface area contributed by atoms with E-state index in [1.807, 2.05) is 0 Å². The Hall–Kier alpha value is -2.61. The molecule has 5 rings (SSSR count). The lowest BCUT2D eigenvalue weighted by Gasteiger charge is -2.34. The van der Waals surface area contributed by atoms with E-state index in [4.69, 9.17) is 11.6 Å². The van der Waals surface area contributed by atoms with Crippen molar-refractivity contribution in [2.45, 2.75) is 32.6 Å². The summed E-state index contributed by atoms with van der Waals surface area (Å²) in [4.78, 5) is 2.50. The normalized spacial score (nSPS) is 17.8. The number of benzene rings is 2. The molecule has 2 heteroatoms. The van der Waals surface area contributed by atoms with Crippen molar-refractivity contribution in [1.29, 1.82) is 0 Å². The van der Waals surface area contributed by atoms with Gasteiger partial charge < -0.3 is 0 Å². The highest BCUT2D eigenvalue weighted by Gasteiger charge is 2.32. The quantitative estimate of drug-likeness (QED) is 0.381. The van der Waals surface area contributed by atoms with Crippen LogP contribution >= 0.6 is 22.9 Å². The van der Waals surface area contributed by atoms with Crippen molar-refractivity contribution in [2.75, 3.05) is 0 Å². The van der Waals surface area contributed by atoms with E-state index in [2.05, 4.69) is 87.7 Å². The molecule has 0 fully saturated rings. The number of hydrogen-bond acceptors (Lipinski definition) is 1. The van der Waals surface area contributed by atoms with Crippen LogP contribution in [0.25, 0.3) is 21.6 Å². The molecule has 154 valence electrons. The van der Waals surface area contributed by atoms with Crippen LogP contribution in [0, 0.1) is 6.92 Å². The zero-order chi connectivity index (χ0) is 21.7. The number of halogens is 1. The van der Waals surface area contributed by atoms with Crippen LogP contribution in [0.5, 0.6) is 0 Å². The summed E-state index contributed by atoms with van der Waals surface area (Å²) in [6.07, 6.45) is 3.95. The number of rotatable bonds is 3. The Bertz CT molecular complexity index is 1280. The molecule has 2 aliphatic rings. The summed E-state index contributed by atoms with van der Waals surface area (Å²) < 4.78 is 0. The zero-order valence-corrected chi connectivity index (χ0v) is 19.5. The fraction of sp³-hybridized carbons (Fsp3) is 0.172. The van der Waals surface area contributed by atoms with Gasteiger partial charge in [0.1, 0.15) is 0 Å². The van der Waals surface area contributed by atoms with E-state index in [0.29, 0.717) is 0 Å². The van der Waals surface area contributed by atoms with E-state index in [9.17, 15) is 0 Å². The molecular formula is C29H25ClS. The van der Waals surface area contributed by atoms with Crippen LogP contribution < -0.4 is 0 Å². The first-order valence-electron chi connectivity index (χ1n) is 10.6. The Morgan fingerprint density at radius 1 is 1.06 bits per heavy atom. The van der Waals surface area contributed by atoms with Crippen LogP contribution in [0.15, 0.2) is 90.0 Å². The topological polar surface area (TPSA) is 0 Å². The largest absolute Gasteiger partial charge is 0.136 e. The highest BCUT2D eigenvalue weighted by Crippen LogP contribution is 2.50. The van der Waals surface area contributed by atoms with Crippen LogP contribution in [-0.4, -0.2) is 0 Å². The Morgan fingerprint density at radius 2 is 1.84 bits per heavy atom. The number of aryl methyl sites for hydroxylation is 1. The third-order valence-corrected chi connectivity index (χ3v) is 7.99. The average Bonchev–Trinajstić information content (AvgIpc) is 3.24. The minimum absolute atomic E-state index is 0.0655. The summed E-state index contributed by atoms with van der Waals surface area (Å²) in [6, 6.07) is 20.0. The molecule has 1 atom stereocenters. The van der Waals surface area contributed by atoms with Crippen LogP contribution in [0.2, 0.25) is 0 Å². The number of hydrogen-bond donors (Lipinski definition) is 0. The van der Waals surface area contributed by atoms with Crippen LogP contribution in [0.4, 0.5) is 0 Å². The maximum Gasteiger partial charge on any atom is 0.0450 e. The molecule has 0 bridgehead atoms. The van der Waals surface area contributed by atoms with Crippen molar-refractivity contribution in [3.05, 3.63) is 117 Å². The lowest BCUT2D eigenvalue weighted by Crippen LogP contribution is -2.17. The molecule has 31 heavy (non-hydrogen) atoms. The predicted molar refractivity (Wildman–Crippen MR) is 137 cm³/mol. The van der Waals surface area contributed by atoms with Gasteiger partial charge in [0, 0.05) is 20.7 Å². The molecule has 2 aromatic carbocycles. The molecule has 0 spiro atoms. The summed E-state index contributed by atoms with van der Waals surface area (Å²) >= 11 is 8.62. The van der Waals surface area contributed by atoms with Crippen LogP contribution in [-0.2, 0) is 6.42 Å². The number of fused-ring (bicyclic) bond motifs is 2. The maximum atomic E-state index is 6.83. The van der Waals surface area contributed by atoms with Gasteiger partial charge in [0.25, 0.3) is 0 Å². The van der Waals surface area contributed by atoms with Crippen LogP contribution in [0.3, 0.4) is 0 Å². The highest BCUT2D eigenvalue weighted by atomic mass is 35.5. The minimum atomic E-state index is 0.0655. The van der Waals surface area contributed by atoms with Gasteiger partial charge in [-0.15, -0.1) is 11.3 Å². The molecule has 3 aromatic rings. The van der Waals surface area contributed by atoms with Gasteiger partial charge in [0.15, 0.2) is 0 Å². The van der Waals surface area contributed by atoms with Crippen molar-refractivity contribution >= 4 is 34.1 Å². The van der Waals surface area contributed by atoms with Crippen molar-refractivity contribution in [3.8, 4) is 10.4 Å². The van der Waals surface area contributed by atoms with Gasteiger partial charge in [-0.3, -0.25) is 0 Å². The SMILES string of the molecule is C=C1Cc2cc(C)ccc2C2=C1C(c1ccc(-c3ccc(C(=C)C)s3)cc1)C(Cl)=CC2. The molecule has 1 aromatic heterocycles. The summed E-state index contributed by atoms with van der Waals surface area (Å²) in [5.41, 5.74) is 11.5. The summed E-state index contributed by atoms with van der Waals surface area (Å²) in [5, 5.41) is 0.906. The molecule has 0 amide bonds. The van der Waals surface area contributed by atoms with Crippen LogP contribution in [0.1, 0.15) is 46.4 Å². The Balaban J connectivity index is 1.55. The van der Waals surface area contributed by atoms with E-state index >= 15 is 0 Å². The third-order valence-electron chi connectivity index (χ3n) is 6.32. The fourth-order valence-corrected chi connectivity index (χ4v) is 6.04. The lowest BCUT2D eigenvalue weighted by molar-refractivity contribution is 0.912. The molecule has 0 radical (unpaired) electrons. The van der Waals surface area contributed by atoms with E-state index in [-0.39, 0.29) is 5.92 Å². The standard InChI is InChI=1S/C29H25ClS/c1-17(2)26-13-14-27(31-26)20-6-8-21(9-7-20)29-25(30)12-11-24-23-10-5-18(3)15-22(23)16-19(4)28(24)29/h5-10,12-15,29H,1,4,11,16H2,2-3H3. The lowest BCUT2D eigenvalue weighted by atomic mass is 9.72. The summed E-state index contributed by atoms with van der Waals surface area (Å²) in [7, 11) is 0. The molecule has 1 unspecified atom stereocenters. The minimum Gasteiger partial charge on any atom is -0.136 e. The average molecular weight is 441 g/mol. The van der Waals surface area contributed by atoms with Gasteiger partial charge in [-0.05, 0) is 83.4 Å². The highest BCUT2D eigenvalue weighted by molar-refractivity contribution is 7.16. The molecular weight excluding hydrogens is 416 g/mol. The predicted octanol–water partition coefficient (Wildman–Crippen LogP) is 8.93. The Morgan fingerprint density at radius 3 is 2.55 bits per heavy atom. The van der Waals surface area contributed by atoms with E-state index in [0.717, 1.165) is 23.4 Å². The van der Waals surface area contributed by atoms with E-state index in [1.165, 1.54) is 54.3 Å². The molecule has 0 nitrogen and oxygen atoms in total. The number of allylic oxidation sites excluding steroid dienone is 6. The van der Waals surface area contributed by atoms with Crippen molar-refractivity contribution in [1.82, 2.24) is 0 Å². The van der Waals surface area contributed by atoms with Gasteiger partial charge in [0.05, 0.1) is 0 Å². The second-order valence-electron chi connectivity index (χ2n) is 8.63. The molecule has 1 heterocycles. The zero-order valence-electron chi connectivity index (χ0n) is 18.0.